The fourth-order valence-electron chi connectivity index (χ4n) is 13.8. The fourth-order valence-corrected chi connectivity index (χ4v) is 13.8. The molecule has 0 N–H and O–H groups in total. The average Bonchev–Trinajstić information content (AvgIpc) is 3.75. The van der Waals surface area contributed by atoms with Gasteiger partial charge in [0.25, 0.3) is 0 Å². The summed E-state index contributed by atoms with van der Waals surface area (Å²) in [6, 6.07) is 87.9. The molecule has 0 saturated heterocycles. The number of benzene rings is 10. The highest BCUT2D eigenvalue weighted by Gasteiger charge is 2.51. The van der Waals surface area contributed by atoms with E-state index in [9.17, 15) is 0 Å². The monoisotopic (exact) mass is 898 g/mol. The molecule has 4 fully saturated rings. The summed E-state index contributed by atoms with van der Waals surface area (Å²) in [5.41, 5.74) is 18.7. The average molecular weight is 899 g/mol. The predicted molar refractivity (Wildman–Crippen MR) is 295 cm³/mol. The van der Waals surface area contributed by atoms with Crippen LogP contribution < -0.4 is 4.90 Å². The van der Waals surface area contributed by atoms with Crippen molar-refractivity contribution in [2.45, 2.75) is 43.9 Å². The Morgan fingerprint density at radius 1 is 0.357 bits per heavy atom. The minimum Gasteiger partial charge on any atom is -0.310 e. The van der Waals surface area contributed by atoms with Crippen LogP contribution >= 0.6 is 0 Å². The molecule has 2 heteroatoms. The van der Waals surface area contributed by atoms with Gasteiger partial charge in [-0.25, -0.2) is 0 Å². The molecule has 0 aliphatic heterocycles. The first kappa shape index (κ1) is 41.1. The number of fused-ring (bicyclic) bond motifs is 4. The van der Waals surface area contributed by atoms with Gasteiger partial charge >= 0.3 is 0 Å². The fraction of sp³-hybridized carbons (Fsp3) is 0.147. The van der Waals surface area contributed by atoms with Crippen LogP contribution in [-0.2, 0) is 5.41 Å². The number of hydrogen-bond donors (Lipinski definition) is 0. The molecule has 0 spiro atoms. The summed E-state index contributed by atoms with van der Waals surface area (Å²) in [6.07, 6.45) is 8.63. The minimum absolute atomic E-state index is 0.408. The van der Waals surface area contributed by atoms with E-state index in [1.54, 1.807) is 5.56 Å². The lowest BCUT2D eigenvalue weighted by Gasteiger charge is -2.57. The quantitative estimate of drug-likeness (QED) is 0.140. The molecule has 2 nitrogen and oxygen atoms in total. The van der Waals surface area contributed by atoms with Crippen molar-refractivity contribution in [3.8, 4) is 50.2 Å². The Bertz CT molecular complexity index is 3670. The van der Waals surface area contributed by atoms with Gasteiger partial charge in [0.05, 0.1) is 11.0 Å². The van der Waals surface area contributed by atoms with Gasteiger partial charge in [-0.05, 0) is 183 Å². The van der Waals surface area contributed by atoms with Crippen molar-refractivity contribution in [1.29, 1.82) is 0 Å². The number of aromatic nitrogens is 1. The Morgan fingerprint density at radius 3 is 1.51 bits per heavy atom. The van der Waals surface area contributed by atoms with Crippen LogP contribution in [0.25, 0.3) is 82.8 Å². The Labute approximate surface area is 411 Å². The highest BCUT2D eigenvalue weighted by Crippen LogP contribution is 2.61. The van der Waals surface area contributed by atoms with Crippen LogP contribution in [0.5, 0.6) is 0 Å². The lowest BCUT2D eigenvalue weighted by Crippen LogP contribution is -2.48. The summed E-state index contributed by atoms with van der Waals surface area (Å²) in [7, 11) is 0. The summed E-state index contributed by atoms with van der Waals surface area (Å²) in [6.45, 7) is 0. The van der Waals surface area contributed by atoms with Crippen molar-refractivity contribution >= 4 is 49.6 Å². The molecule has 4 bridgehead atoms. The number of hydrogen-bond acceptors (Lipinski definition) is 1. The molecular weight excluding hydrogens is 845 g/mol. The molecule has 1 heterocycles. The van der Waals surface area contributed by atoms with Crippen molar-refractivity contribution < 1.29 is 0 Å². The molecular formula is C68H54N2. The topological polar surface area (TPSA) is 8.17 Å². The van der Waals surface area contributed by atoms with Crippen molar-refractivity contribution in [2.75, 3.05) is 4.90 Å². The van der Waals surface area contributed by atoms with Crippen molar-refractivity contribution in [2.24, 2.45) is 17.8 Å². The normalized spacial score (nSPS) is 19.3. The molecule has 4 saturated carbocycles. The van der Waals surface area contributed by atoms with Gasteiger partial charge in [0, 0.05) is 33.5 Å². The zero-order valence-corrected chi connectivity index (χ0v) is 39.4. The summed E-state index contributed by atoms with van der Waals surface area (Å²) < 4.78 is 2.41. The van der Waals surface area contributed by atoms with Crippen LogP contribution in [-0.4, -0.2) is 4.57 Å². The zero-order chi connectivity index (χ0) is 46.2. The van der Waals surface area contributed by atoms with Crippen LogP contribution in [0, 0.1) is 17.8 Å². The third-order valence-electron chi connectivity index (χ3n) is 16.5. The lowest BCUT2D eigenvalue weighted by atomic mass is 9.48. The van der Waals surface area contributed by atoms with E-state index in [-0.39, 0.29) is 0 Å². The molecule has 0 radical (unpaired) electrons. The van der Waals surface area contributed by atoms with Gasteiger partial charge in [-0.2, -0.15) is 0 Å². The maximum atomic E-state index is 2.48. The van der Waals surface area contributed by atoms with E-state index in [2.05, 4.69) is 246 Å². The van der Waals surface area contributed by atoms with Gasteiger partial charge in [0.15, 0.2) is 0 Å². The Kier molecular flexibility index (Phi) is 9.76. The third-order valence-corrected chi connectivity index (χ3v) is 16.5. The maximum absolute atomic E-state index is 2.48. The Balaban J connectivity index is 0.853. The van der Waals surface area contributed by atoms with Crippen molar-refractivity contribution in [3.63, 3.8) is 0 Å². The van der Waals surface area contributed by atoms with Gasteiger partial charge in [0.2, 0.25) is 0 Å². The largest absolute Gasteiger partial charge is 0.310 e. The van der Waals surface area contributed by atoms with Crippen LogP contribution in [0.4, 0.5) is 17.1 Å². The van der Waals surface area contributed by atoms with E-state index in [0.29, 0.717) is 5.41 Å². The second-order valence-electron chi connectivity index (χ2n) is 20.8. The van der Waals surface area contributed by atoms with Gasteiger partial charge in [-0.3, -0.25) is 0 Å². The molecule has 4 aliphatic rings. The molecule has 0 atom stereocenters. The highest BCUT2D eigenvalue weighted by molar-refractivity contribution is 6.10. The molecule has 0 unspecified atom stereocenters. The van der Waals surface area contributed by atoms with E-state index < -0.39 is 0 Å². The van der Waals surface area contributed by atoms with Gasteiger partial charge < -0.3 is 9.47 Å². The van der Waals surface area contributed by atoms with Crippen molar-refractivity contribution in [1.82, 2.24) is 4.57 Å². The van der Waals surface area contributed by atoms with Gasteiger partial charge in [-0.15, -0.1) is 0 Å². The van der Waals surface area contributed by atoms with Crippen LogP contribution in [0.3, 0.4) is 0 Å². The zero-order valence-electron chi connectivity index (χ0n) is 39.4. The number of rotatable bonds is 9. The molecule has 4 aliphatic carbocycles. The van der Waals surface area contributed by atoms with Crippen LogP contribution in [0.15, 0.2) is 237 Å². The number of nitrogens with zero attached hydrogens (tertiary/aromatic N) is 2. The standard InChI is InChI=1S/C68H54N2/c1-3-12-51(13-4-1)61-21-10-14-53-15-11-22-62(67(53)61)52-28-35-59(36-29-52)69(58-33-26-50(27-34-58)49-24-31-56(32-25-49)68-43-46-38-47(44-68)40-48(39-46)45-68)60-19-9-16-54(41-60)55-30-37-64-63-20-7-8-23-65(63)70(66(64)42-55)57-17-5-2-6-18-57/h1-37,41-42,46-48H,38-40,43-45H2. The molecule has 70 heavy (non-hydrogen) atoms. The Morgan fingerprint density at radius 2 is 0.857 bits per heavy atom. The summed E-state index contributed by atoms with van der Waals surface area (Å²) in [5.74, 6) is 2.83. The first-order valence-corrected chi connectivity index (χ1v) is 25.5. The second-order valence-corrected chi connectivity index (χ2v) is 20.8. The van der Waals surface area contributed by atoms with E-state index >= 15 is 0 Å². The molecule has 15 rings (SSSR count). The number of anilines is 3. The minimum atomic E-state index is 0.408. The molecule has 0 amide bonds. The molecule has 11 aromatic rings. The summed E-state index contributed by atoms with van der Waals surface area (Å²) in [5, 5.41) is 5.04. The molecule has 1 aromatic heterocycles. The number of para-hydroxylation sites is 2. The predicted octanol–water partition coefficient (Wildman–Crippen LogP) is 18.5. The SMILES string of the molecule is c1ccc(-c2cccc3cccc(-c4ccc(N(c5ccc(-c6ccc(C78CC9CC(CC(C9)C7)C8)cc6)cc5)c5cccc(-c6ccc7c8ccccc8n(-c8ccccc8)c7c6)c5)cc4)c23)cc1. The lowest BCUT2D eigenvalue weighted by molar-refractivity contribution is -0.00518. The molecule has 10 aromatic carbocycles. The highest BCUT2D eigenvalue weighted by atomic mass is 15.1. The maximum Gasteiger partial charge on any atom is 0.0547 e. The first-order chi connectivity index (χ1) is 34.6. The Hall–Kier alpha value is -7.94. The van der Waals surface area contributed by atoms with Crippen LogP contribution in [0.2, 0.25) is 0 Å². The van der Waals surface area contributed by atoms with Crippen molar-refractivity contribution in [3.05, 3.63) is 242 Å². The van der Waals surface area contributed by atoms with E-state index in [4.69, 9.17) is 0 Å². The van der Waals surface area contributed by atoms with Gasteiger partial charge in [0.1, 0.15) is 0 Å². The third kappa shape index (κ3) is 6.99. The first-order valence-electron chi connectivity index (χ1n) is 25.5. The van der Waals surface area contributed by atoms with Gasteiger partial charge in [-0.1, -0.05) is 176 Å². The summed E-state index contributed by atoms with van der Waals surface area (Å²) >= 11 is 0. The van der Waals surface area contributed by atoms with E-state index in [1.165, 1.54) is 116 Å². The summed E-state index contributed by atoms with van der Waals surface area (Å²) in [4.78, 5) is 2.42. The molecule has 336 valence electrons. The van der Waals surface area contributed by atoms with E-state index in [0.717, 1.165) is 40.5 Å². The van der Waals surface area contributed by atoms with Crippen LogP contribution in [0.1, 0.15) is 44.1 Å². The smallest absolute Gasteiger partial charge is 0.0547 e. The second kappa shape index (κ2) is 16.6. The van der Waals surface area contributed by atoms with E-state index in [1.807, 2.05) is 0 Å².